The van der Waals surface area contributed by atoms with Gasteiger partial charge in [-0.25, -0.2) is 4.98 Å². The van der Waals surface area contributed by atoms with Gasteiger partial charge in [-0.3, -0.25) is 0 Å². The number of imidazole rings is 1. The van der Waals surface area contributed by atoms with E-state index in [0.717, 1.165) is 23.1 Å². The number of aryl methyl sites for hydroxylation is 1. The van der Waals surface area contributed by atoms with E-state index in [1.165, 1.54) is 5.56 Å². The van der Waals surface area contributed by atoms with E-state index in [1.54, 1.807) is 6.33 Å². The molecule has 0 saturated carbocycles. The molecule has 3 N–H and O–H groups in total. The molecule has 4 rings (SSSR count). The first-order valence-corrected chi connectivity index (χ1v) is 8.48. The van der Waals surface area contributed by atoms with Gasteiger partial charge in [0.15, 0.2) is 5.82 Å². The van der Waals surface area contributed by atoms with Gasteiger partial charge in [0.2, 0.25) is 11.9 Å². The molecule has 0 unspecified atom stereocenters. The van der Waals surface area contributed by atoms with E-state index >= 15 is 0 Å². The van der Waals surface area contributed by atoms with Gasteiger partial charge in [-0.05, 0) is 30.2 Å². The number of benzene rings is 2. The number of para-hydroxylation sites is 3. The Kier molecular flexibility index (Phi) is 4.18. The summed E-state index contributed by atoms with van der Waals surface area (Å²) < 4.78 is 1.99. The number of anilines is 3. The van der Waals surface area contributed by atoms with Crippen LogP contribution in [-0.2, 0) is 13.0 Å². The molecule has 0 aliphatic rings. The number of nitrogen functional groups attached to an aromatic ring is 1. The molecule has 0 amide bonds. The van der Waals surface area contributed by atoms with Gasteiger partial charge >= 0.3 is 0 Å². The fourth-order valence-corrected chi connectivity index (χ4v) is 2.92. The van der Waals surface area contributed by atoms with Crippen molar-refractivity contribution in [2.45, 2.75) is 19.9 Å². The Morgan fingerprint density at radius 2 is 1.81 bits per heavy atom. The molecule has 7 heteroatoms. The first-order chi connectivity index (χ1) is 12.7. The molecule has 4 aromatic rings. The van der Waals surface area contributed by atoms with Gasteiger partial charge in [-0.2, -0.15) is 15.0 Å². The summed E-state index contributed by atoms with van der Waals surface area (Å²) in [5, 5.41) is 3.25. The molecule has 0 fully saturated rings. The predicted octanol–water partition coefficient (Wildman–Crippen LogP) is 3.16. The Morgan fingerprint density at radius 3 is 2.69 bits per heavy atom. The monoisotopic (exact) mass is 345 g/mol. The summed E-state index contributed by atoms with van der Waals surface area (Å²) in [4.78, 5) is 17.4. The van der Waals surface area contributed by atoms with Crippen molar-refractivity contribution in [3.8, 4) is 0 Å². The maximum Gasteiger partial charge on any atom is 0.232 e. The van der Waals surface area contributed by atoms with E-state index in [1.807, 2.05) is 47.0 Å². The van der Waals surface area contributed by atoms with E-state index in [0.29, 0.717) is 18.3 Å². The lowest BCUT2D eigenvalue weighted by molar-refractivity contribution is 0.759. The van der Waals surface area contributed by atoms with Gasteiger partial charge in [0.05, 0.1) is 23.9 Å². The minimum Gasteiger partial charge on any atom is -0.368 e. The third-order valence-corrected chi connectivity index (χ3v) is 4.18. The second-order valence-electron chi connectivity index (χ2n) is 5.93. The van der Waals surface area contributed by atoms with Gasteiger partial charge in [0.25, 0.3) is 0 Å². The topological polar surface area (TPSA) is 94.5 Å². The molecule has 2 heterocycles. The van der Waals surface area contributed by atoms with Crippen LogP contribution in [0.3, 0.4) is 0 Å². The zero-order valence-corrected chi connectivity index (χ0v) is 14.4. The lowest BCUT2D eigenvalue weighted by atomic mass is 10.1. The number of nitrogens with one attached hydrogen (secondary N) is 1. The number of nitrogens with two attached hydrogens (primary N) is 1. The Hall–Kier alpha value is -3.48. The summed E-state index contributed by atoms with van der Waals surface area (Å²) in [6.07, 6.45) is 2.70. The van der Waals surface area contributed by atoms with Crippen molar-refractivity contribution in [2.24, 2.45) is 0 Å². The van der Waals surface area contributed by atoms with Crippen molar-refractivity contribution in [1.29, 1.82) is 0 Å². The molecule has 0 atom stereocenters. The van der Waals surface area contributed by atoms with E-state index in [2.05, 4.69) is 38.2 Å². The largest absolute Gasteiger partial charge is 0.368 e. The van der Waals surface area contributed by atoms with Gasteiger partial charge < -0.3 is 15.6 Å². The average Bonchev–Trinajstić information content (AvgIpc) is 3.05. The third kappa shape index (κ3) is 3.19. The summed E-state index contributed by atoms with van der Waals surface area (Å²) in [6, 6.07) is 16.0. The fraction of sp³-hybridized carbons (Fsp3) is 0.158. The molecular weight excluding hydrogens is 326 g/mol. The molecule has 0 bridgehead atoms. The van der Waals surface area contributed by atoms with Crippen LogP contribution in [0.15, 0.2) is 54.9 Å². The van der Waals surface area contributed by atoms with Crippen LogP contribution < -0.4 is 11.1 Å². The van der Waals surface area contributed by atoms with Crippen molar-refractivity contribution in [3.05, 3.63) is 66.2 Å². The Bertz CT molecular complexity index is 1050. The summed E-state index contributed by atoms with van der Waals surface area (Å²) >= 11 is 0. The second-order valence-corrected chi connectivity index (χ2v) is 5.93. The number of hydrogen-bond donors (Lipinski definition) is 2. The minimum absolute atomic E-state index is 0.191. The van der Waals surface area contributed by atoms with Crippen molar-refractivity contribution >= 4 is 28.6 Å². The Labute approximate surface area is 151 Å². The number of rotatable bonds is 5. The first-order valence-electron chi connectivity index (χ1n) is 8.48. The van der Waals surface area contributed by atoms with Gasteiger partial charge in [-0.1, -0.05) is 37.3 Å². The smallest absolute Gasteiger partial charge is 0.232 e. The Morgan fingerprint density at radius 1 is 1.00 bits per heavy atom. The highest BCUT2D eigenvalue weighted by molar-refractivity contribution is 5.75. The molecular formula is C19H19N7. The molecule has 0 aliphatic heterocycles. The lowest BCUT2D eigenvalue weighted by Crippen LogP contribution is -2.10. The van der Waals surface area contributed by atoms with Crippen molar-refractivity contribution < 1.29 is 0 Å². The van der Waals surface area contributed by atoms with Gasteiger partial charge in [-0.15, -0.1) is 0 Å². The molecule has 0 radical (unpaired) electrons. The average molecular weight is 345 g/mol. The van der Waals surface area contributed by atoms with Gasteiger partial charge in [0, 0.05) is 5.69 Å². The minimum atomic E-state index is 0.191. The highest BCUT2D eigenvalue weighted by atomic mass is 15.2. The highest BCUT2D eigenvalue weighted by Gasteiger charge is 2.09. The molecule has 7 nitrogen and oxygen atoms in total. The summed E-state index contributed by atoms with van der Waals surface area (Å²) in [7, 11) is 0. The summed E-state index contributed by atoms with van der Waals surface area (Å²) in [5.41, 5.74) is 10.0. The third-order valence-electron chi connectivity index (χ3n) is 4.18. The number of aromatic nitrogens is 5. The SMILES string of the molecule is CCc1ccccc1Nc1nc(N)nc(Cn2cnc3ccccc32)n1. The van der Waals surface area contributed by atoms with Crippen LogP contribution in [-0.4, -0.2) is 24.5 Å². The maximum atomic E-state index is 5.90. The molecule has 0 spiro atoms. The van der Waals surface area contributed by atoms with Crippen LogP contribution in [0.25, 0.3) is 11.0 Å². The highest BCUT2D eigenvalue weighted by Crippen LogP contribution is 2.20. The standard InChI is InChI=1S/C19H19N7/c1-2-13-7-3-4-8-14(13)22-19-24-17(23-18(20)25-19)11-26-12-21-15-9-5-6-10-16(15)26/h3-10,12H,2,11H2,1H3,(H3,20,22,23,24,25). The Balaban J connectivity index is 1.64. The molecule has 26 heavy (non-hydrogen) atoms. The zero-order chi connectivity index (χ0) is 17.9. The lowest BCUT2D eigenvalue weighted by Gasteiger charge is -2.11. The van der Waals surface area contributed by atoms with E-state index in [4.69, 9.17) is 5.73 Å². The predicted molar refractivity (Wildman–Crippen MR) is 102 cm³/mol. The van der Waals surface area contributed by atoms with E-state index in [-0.39, 0.29) is 5.95 Å². The summed E-state index contributed by atoms with van der Waals surface area (Å²) in [5.74, 6) is 1.21. The second kappa shape index (κ2) is 6.79. The number of nitrogens with zero attached hydrogens (tertiary/aromatic N) is 5. The van der Waals surface area contributed by atoms with Crippen LogP contribution in [0.2, 0.25) is 0 Å². The van der Waals surface area contributed by atoms with E-state index < -0.39 is 0 Å². The van der Waals surface area contributed by atoms with Crippen LogP contribution in [0, 0.1) is 0 Å². The molecule has 0 aliphatic carbocycles. The van der Waals surface area contributed by atoms with Crippen molar-refractivity contribution in [2.75, 3.05) is 11.1 Å². The normalized spacial score (nSPS) is 11.0. The van der Waals surface area contributed by atoms with Crippen LogP contribution in [0.5, 0.6) is 0 Å². The van der Waals surface area contributed by atoms with Gasteiger partial charge in [0.1, 0.15) is 0 Å². The molecule has 2 aromatic carbocycles. The molecule has 0 saturated heterocycles. The van der Waals surface area contributed by atoms with E-state index in [9.17, 15) is 0 Å². The zero-order valence-electron chi connectivity index (χ0n) is 14.4. The number of fused-ring (bicyclic) bond motifs is 1. The number of hydrogen-bond acceptors (Lipinski definition) is 6. The van der Waals surface area contributed by atoms with Crippen LogP contribution in [0.4, 0.5) is 17.6 Å². The van der Waals surface area contributed by atoms with Crippen molar-refractivity contribution in [1.82, 2.24) is 24.5 Å². The molecule has 2 aromatic heterocycles. The first kappa shape index (κ1) is 16.0. The van der Waals surface area contributed by atoms with Crippen LogP contribution >= 0.6 is 0 Å². The fourth-order valence-electron chi connectivity index (χ4n) is 2.92. The van der Waals surface area contributed by atoms with Crippen molar-refractivity contribution in [3.63, 3.8) is 0 Å². The summed E-state index contributed by atoms with van der Waals surface area (Å²) in [6.45, 7) is 2.58. The van der Waals surface area contributed by atoms with Crippen LogP contribution in [0.1, 0.15) is 18.3 Å². The quantitative estimate of drug-likeness (QED) is 0.577. The molecule has 130 valence electrons. The maximum absolute atomic E-state index is 5.90.